The number of hydrogen-bond donors (Lipinski definition) is 1. The van der Waals surface area contributed by atoms with E-state index in [-0.39, 0.29) is 12.2 Å². The van der Waals surface area contributed by atoms with Gasteiger partial charge in [-0.3, -0.25) is 10.1 Å². The fourth-order valence-electron chi connectivity index (χ4n) is 2.36. The number of carbonyl (C=O) groups is 1. The van der Waals surface area contributed by atoms with E-state index in [0.717, 1.165) is 32.2 Å². The molecule has 2 unspecified atom stereocenters. The molecule has 1 saturated heterocycles. The van der Waals surface area contributed by atoms with Crippen molar-refractivity contribution in [3.63, 3.8) is 0 Å². The summed E-state index contributed by atoms with van der Waals surface area (Å²) in [6.07, 6.45) is 4.56. The van der Waals surface area contributed by atoms with Crippen molar-refractivity contribution in [2.24, 2.45) is 5.92 Å². The van der Waals surface area contributed by atoms with Gasteiger partial charge < -0.3 is 4.90 Å². The molecule has 16 heavy (non-hydrogen) atoms. The lowest BCUT2D eigenvalue weighted by molar-refractivity contribution is -0.130. The fraction of sp³-hybridized carbons (Fsp3) is 0.923. The van der Waals surface area contributed by atoms with E-state index in [1.807, 2.05) is 4.90 Å². The Bertz CT molecular complexity index is 228. The van der Waals surface area contributed by atoms with Crippen molar-refractivity contribution in [2.45, 2.75) is 65.6 Å². The molecule has 3 heteroatoms. The van der Waals surface area contributed by atoms with E-state index in [1.165, 1.54) is 0 Å². The van der Waals surface area contributed by atoms with E-state index in [0.29, 0.717) is 11.8 Å². The molecule has 0 aromatic carbocycles. The average molecular weight is 226 g/mol. The maximum atomic E-state index is 12.2. The van der Waals surface area contributed by atoms with Crippen molar-refractivity contribution in [1.29, 1.82) is 0 Å². The number of hydrogen-bond acceptors (Lipinski definition) is 2. The van der Waals surface area contributed by atoms with Crippen molar-refractivity contribution in [1.82, 2.24) is 10.2 Å². The van der Waals surface area contributed by atoms with Gasteiger partial charge in [-0.1, -0.05) is 40.5 Å². The third-order valence-electron chi connectivity index (χ3n) is 3.23. The number of carbonyl (C=O) groups excluding carboxylic acids is 1. The first-order chi connectivity index (χ1) is 7.61. The van der Waals surface area contributed by atoms with E-state index in [9.17, 15) is 4.79 Å². The van der Waals surface area contributed by atoms with Gasteiger partial charge in [0.2, 0.25) is 5.91 Å². The first-order valence-electron chi connectivity index (χ1n) is 6.68. The second kappa shape index (κ2) is 6.24. The smallest absolute Gasteiger partial charge is 0.241 e. The maximum Gasteiger partial charge on any atom is 0.241 e. The van der Waals surface area contributed by atoms with Gasteiger partial charge in [-0.05, 0) is 18.8 Å². The fourth-order valence-corrected chi connectivity index (χ4v) is 2.36. The molecule has 1 rings (SSSR count). The molecule has 2 atom stereocenters. The summed E-state index contributed by atoms with van der Waals surface area (Å²) < 4.78 is 0. The van der Waals surface area contributed by atoms with Gasteiger partial charge in [-0.15, -0.1) is 0 Å². The Balaban J connectivity index is 2.63. The first kappa shape index (κ1) is 13.5. The standard InChI is InChI=1S/C13H26N2O/c1-5-7-8-11-13(16)15(9-6-2)12(14-11)10(3)4/h10-12,14H,5-9H2,1-4H3. The van der Waals surface area contributed by atoms with Gasteiger partial charge in [0.15, 0.2) is 0 Å². The number of nitrogens with zero attached hydrogens (tertiary/aromatic N) is 1. The maximum absolute atomic E-state index is 12.2. The molecule has 0 radical (unpaired) electrons. The molecule has 1 heterocycles. The summed E-state index contributed by atoms with van der Waals surface area (Å²) >= 11 is 0. The van der Waals surface area contributed by atoms with Crippen molar-refractivity contribution in [2.75, 3.05) is 6.54 Å². The Morgan fingerprint density at radius 2 is 2.00 bits per heavy atom. The molecule has 0 aromatic rings. The lowest BCUT2D eigenvalue weighted by atomic mass is 10.1. The molecule has 1 aliphatic heterocycles. The highest BCUT2D eigenvalue weighted by Gasteiger charge is 2.38. The average Bonchev–Trinajstić information content (AvgIpc) is 2.55. The summed E-state index contributed by atoms with van der Waals surface area (Å²) in [4.78, 5) is 14.2. The van der Waals surface area contributed by atoms with Crippen LogP contribution in [0.3, 0.4) is 0 Å². The molecule has 0 bridgehead atoms. The Kier molecular flexibility index (Phi) is 5.26. The zero-order chi connectivity index (χ0) is 12.1. The zero-order valence-electron chi connectivity index (χ0n) is 11.1. The molecular weight excluding hydrogens is 200 g/mol. The summed E-state index contributed by atoms with van der Waals surface area (Å²) in [6.45, 7) is 9.54. The van der Waals surface area contributed by atoms with Crippen LogP contribution in [-0.2, 0) is 4.79 Å². The zero-order valence-corrected chi connectivity index (χ0v) is 11.1. The lowest BCUT2D eigenvalue weighted by Crippen LogP contribution is -2.41. The Morgan fingerprint density at radius 1 is 1.31 bits per heavy atom. The summed E-state index contributed by atoms with van der Waals surface area (Å²) in [6, 6.07) is 0.0684. The molecule has 94 valence electrons. The molecule has 1 amide bonds. The van der Waals surface area contributed by atoms with Gasteiger partial charge in [-0.2, -0.15) is 0 Å². The van der Waals surface area contributed by atoms with Crippen LogP contribution in [0, 0.1) is 5.92 Å². The molecule has 3 nitrogen and oxygen atoms in total. The minimum absolute atomic E-state index is 0.0684. The van der Waals surface area contributed by atoms with Crippen molar-refractivity contribution < 1.29 is 4.79 Å². The highest BCUT2D eigenvalue weighted by molar-refractivity contribution is 5.84. The van der Waals surface area contributed by atoms with Crippen LogP contribution in [0.15, 0.2) is 0 Å². The van der Waals surface area contributed by atoms with Crippen LogP contribution in [-0.4, -0.2) is 29.6 Å². The van der Waals surface area contributed by atoms with Gasteiger partial charge in [0, 0.05) is 6.54 Å². The van der Waals surface area contributed by atoms with Crippen molar-refractivity contribution in [3.8, 4) is 0 Å². The Labute approximate surface area is 99.6 Å². The van der Waals surface area contributed by atoms with Gasteiger partial charge >= 0.3 is 0 Å². The minimum atomic E-state index is 0.0684. The number of nitrogens with one attached hydrogen (secondary N) is 1. The lowest BCUT2D eigenvalue weighted by Gasteiger charge is -2.26. The monoisotopic (exact) mass is 226 g/mol. The van der Waals surface area contributed by atoms with Crippen LogP contribution in [0.4, 0.5) is 0 Å². The number of amides is 1. The van der Waals surface area contributed by atoms with E-state index in [1.54, 1.807) is 0 Å². The molecular formula is C13H26N2O. The third-order valence-corrected chi connectivity index (χ3v) is 3.23. The van der Waals surface area contributed by atoms with E-state index < -0.39 is 0 Å². The van der Waals surface area contributed by atoms with Crippen molar-refractivity contribution >= 4 is 5.91 Å². The highest BCUT2D eigenvalue weighted by Crippen LogP contribution is 2.20. The largest absolute Gasteiger partial charge is 0.326 e. The van der Waals surface area contributed by atoms with Gasteiger partial charge in [-0.25, -0.2) is 0 Å². The summed E-state index contributed by atoms with van der Waals surface area (Å²) in [5, 5.41) is 3.49. The van der Waals surface area contributed by atoms with Gasteiger partial charge in [0.05, 0.1) is 12.2 Å². The molecule has 1 aliphatic rings. The molecule has 0 saturated carbocycles. The Hall–Kier alpha value is -0.570. The third kappa shape index (κ3) is 2.97. The van der Waals surface area contributed by atoms with E-state index in [2.05, 4.69) is 33.0 Å². The highest BCUT2D eigenvalue weighted by atomic mass is 16.2. The quantitative estimate of drug-likeness (QED) is 0.754. The molecule has 1 N–H and O–H groups in total. The van der Waals surface area contributed by atoms with Crippen molar-refractivity contribution in [3.05, 3.63) is 0 Å². The second-order valence-corrected chi connectivity index (χ2v) is 5.08. The van der Waals surface area contributed by atoms with Gasteiger partial charge in [0.1, 0.15) is 0 Å². The van der Waals surface area contributed by atoms with Crippen LogP contribution in [0.25, 0.3) is 0 Å². The SMILES string of the molecule is CCCCC1NC(C(C)C)N(CCC)C1=O. The molecule has 0 spiro atoms. The topological polar surface area (TPSA) is 32.3 Å². The van der Waals surface area contributed by atoms with E-state index >= 15 is 0 Å². The molecule has 1 fully saturated rings. The minimum Gasteiger partial charge on any atom is -0.326 e. The van der Waals surface area contributed by atoms with Crippen LogP contribution in [0.2, 0.25) is 0 Å². The Morgan fingerprint density at radius 3 is 2.50 bits per heavy atom. The second-order valence-electron chi connectivity index (χ2n) is 5.08. The molecule has 0 aromatic heterocycles. The van der Waals surface area contributed by atoms with Crippen LogP contribution < -0.4 is 5.32 Å². The summed E-state index contributed by atoms with van der Waals surface area (Å²) in [5.74, 6) is 0.802. The first-order valence-corrected chi connectivity index (χ1v) is 6.68. The van der Waals surface area contributed by atoms with Gasteiger partial charge in [0.25, 0.3) is 0 Å². The van der Waals surface area contributed by atoms with E-state index in [4.69, 9.17) is 0 Å². The number of rotatable bonds is 6. The number of unbranched alkanes of at least 4 members (excludes halogenated alkanes) is 1. The van der Waals surface area contributed by atoms with Crippen LogP contribution >= 0.6 is 0 Å². The van der Waals surface area contributed by atoms with Crippen LogP contribution in [0.5, 0.6) is 0 Å². The summed E-state index contributed by atoms with van der Waals surface area (Å²) in [7, 11) is 0. The predicted molar refractivity (Wildman–Crippen MR) is 67.1 cm³/mol. The summed E-state index contributed by atoms with van der Waals surface area (Å²) in [5.41, 5.74) is 0. The normalized spacial score (nSPS) is 25.8. The predicted octanol–water partition coefficient (Wildman–Crippen LogP) is 2.37. The van der Waals surface area contributed by atoms with Crippen LogP contribution in [0.1, 0.15) is 53.4 Å². The molecule has 0 aliphatic carbocycles.